The first-order valence-corrected chi connectivity index (χ1v) is 7.23. The van der Waals surface area contributed by atoms with Crippen LogP contribution in [0.2, 0.25) is 0 Å². The average Bonchev–Trinajstić information content (AvgIpc) is 2.37. The van der Waals surface area contributed by atoms with Gasteiger partial charge in [0.05, 0.1) is 6.54 Å². The minimum Gasteiger partial charge on any atom is -0.480 e. The number of fused-ring (bicyclic) bond motifs is 1. The van der Waals surface area contributed by atoms with Crippen LogP contribution in [0.1, 0.15) is 17.5 Å². The molecule has 19 heavy (non-hydrogen) atoms. The molecular formula is C15H18BrNO2. The number of carboxylic acid groups (broad SMARTS) is 1. The number of rotatable bonds is 5. The van der Waals surface area contributed by atoms with Crippen LogP contribution < -0.4 is 0 Å². The van der Waals surface area contributed by atoms with Gasteiger partial charge < -0.3 is 5.11 Å². The lowest BCUT2D eigenvalue weighted by atomic mass is 9.87. The summed E-state index contributed by atoms with van der Waals surface area (Å²) < 4.78 is 1.11. The van der Waals surface area contributed by atoms with Gasteiger partial charge in [0.15, 0.2) is 0 Å². The number of carbonyl (C=O) groups is 1. The molecule has 4 heteroatoms. The summed E-state index contributed by atoms with van der Waals surface area (Å²) in [5.74, 6) is -0.775. The van der Waals surface area contributed by atoms with Crippen molar-refractivity contribution in [3.8, 4) is 0 Å². The summed E-state index contributed by atoms with van der Waals surface area (Å²) in [6.07, 6.45) is 4.71. The Morgan fingerprint density at radius 2 is 2.32 bits per heavy atom. The summed E-state index contributed by atoms with van der Waals surface area (Å²) in [7, 11) is 0. The maximum absolute atomic E-state index is 10.9. The Labute approximate surface area is 122 Å². The maximum atomic E-state index is 10.9. The first-order chi connectivity index (χ1) is 9.10. The van der Waals surface area contributed by atoms with Crippen molar-refractivity contribution in [3.63, 3.8) is 0 Å². The van der Waals surface area contributed by atoms with E-state index in [1.807, 2.05) is 4.90 Å². The number of benzene rings is 1. The summed E-state index contributed by atoms with van der Waals surface area (Å²) in [4.78, 5) is 12.9. The van der Waals surface area contributed by atoms with E-state index in [0.29, 0.717) is 12.6 Å². The SMILES string of the molecule is C=CCN(CC(=O)O)C1CCc2cc(Br)ccc2C1. The van der Waals surface area contributed by atoms with E-state index in [0.717, 1.165) is 23.7 Å². The Balaban J connectivity index is 2.12. The van der Waals surface area contributed by atoms with Crippen LogP contribution in [0.25, 0.3) is 0 Å². The smallest absolute Gasteiger partial charge is 0.317 e. The number of nitrogens with zero attached hydrogens (tertiary/aromatic N) is 1. The van der Waals surface area contributed by atoms with Gasteiger partial charge in [0.2, 0.25) is 0 Å². The van der Waals surface area contributed by atoms with Gasteiger partial charge in [0.1, 0.15) is 0 Å². The molecule has 1 aliphatic carbocycles. The lowest BCUT2D eigenvalue weighted by Crippen LogP contribution is -2.42. The zero-order valence-electron chi connectivity index (χ0n) is 10.8. The Morgan fingerprint density at radius 3 is 3.00 bits per heavy atom. The van der Waals surface area contributed by atoms with Crippen molar-refractivity contribution < 1.29 is 9.90 Å². The minimum absolute atomic E-state index is 0.0859. The summed E-state index contributed by atoms with van der Waals surface area (Å²) in [6, 6.07) is 6.65. The van der Waals surface area contributed by atoms with E-state index in [1.54, 1.807) is 6.08 Å². The molecular weight excluding hydrogens is 306 g/mol. The third-order valence-electron chi connectivity index (χ3n) is 3.59. The van der Waals surface area contributed by atoms with Crippen LogP contribution in [0.15, 0.2) is 35.3 Å². The molecule has 1 aromatic rings. The highest BCUT2D eigenvalue weighted by Gasteiger charge is 2.24. The fraction of sp³-hybridized carbons (Fsp3) is 0.400. The molecule has 1 N–H and O–H groups in total. The van der Waals surface area contributed by atoms with Crippen molar-refractivity contribution in [2.24, 2.45) is 0 Å². The molecule has 0 heterocycles. The second-order valence-electron chi connectivity index (χ2n) is 4.92. The number of halogens is 1. The molecule has 0 radical (unpaired) electrons. The maximum Gasteiger partial charge on any atom is 0.317 e. The molecule has 1 aromatic carbocycles. The molecule has 0 spiro atoms. The third kappa shape index (κ3) is 3.67. The zero-order chi connectivity index (χ0) is 13.8. The quantitative estimate of drug-likeness (QED) is 0.847. The normalized spacial score (nSPS) is 18.1. The molecule has 0 fully saturated rings. The largest absolute Gasteiger partial charge is 0.480 e. The van der Waals surface area contributed by atoms with E-state index in [4.69, 9.17) is 5.11 Å². The van der Waals surface area contributed by atoms with Gasteiger partial charge in [0, 0.05) is 17.1 Å². The highest BCUT2D eigenvalue weighted by atomic mass is 79.9. The number of carboxylic acids is 1. The molecule has 0 saturated heterocycles. The molecule has 1 aliphatic rings. The Morgan fingerprint density at radius 1 is 1.53 bits per heavy atom. The molecule has 102 valence electrons. The van der Waals surface area contributed by atoms with Crippen molar-refractivity contribution in [2.45, 2.75) is 25.3 Å². The van der Waals surface area contributed by atoms with Gasteiger partial charge in [-0.2, -0.15) is 0 Å². The lowest BCUT2D eigenvalue weighted by molar-refractivity contribution is -0.138. The Bertz CT molecular complexity index is 487. The molecule has 2 rings (SSSR count). The number of hydrogen-bond acceptors (Lipinski definition) is 2. The van der Waals surface area contributed by atoms with E-state index >= 15 is 0 Å². The molecule has 0 aromatic heterocycles. The van der Waals surface area contributed by atoms with Crippen LogP contribution in [0.3, 0.4) is 0 Å². The predicted octanol–water partition coefficient (Wildman–Crippen LogP) is 2.88. The van der Waals surface area contributed by atoms with E-state index in [9.17, 15) is 4.79 Å². The Hall–Kier alpha value is -1.13. The van der Waals surface area contributed by atoms with Gasteiger partial charge in [-0.1, -0.05) is 28.1 Å². The van der Waals surface area contributed by atoms with E-state index in [2.05, 4.69) is 40.7 Å². The van der Waals surface area contributed by atoms with Crippen LogP contribution in [0.4, 0.5) is 0 Å². The van der Waals surface area contributed by atoms with Gasteiger partial charge in [-0.15, -0.1) is 6.58 Å². The predicted molar refractivity (Wildman–Crippen MR) is 79.4 cm³/mol. The van der Waals surface area contributed by atoms with Crippen molar-refractivity contribution in [1.82, 2.24) is 4.90 Å². The van der Waals surface area contributed by atoms with Gasteiger partial charge in [-0.25, -0.2) is 0 Å². The minimum atomic E-state index is -0.775. The van der Waals surface area contributed by atoms with Crippen molar-refractivity contribution in [2.75, 3.05) is 13.1 Å². The van der Waals surface area contributed by atoms with Crippen LogP contribution in [0, 0.1) is 0 Å². The van der Waals surface area contributed by atoms with Gasteiger partial charge in [0.25, 0.3) is 0 Å². The lowest BCUT2D eigenvalue weighted by Gasteiger charge is -2.33. The van der Waals surface area contributed by atoms with E-state index in [1.165, 1.54) is 11.1 Å². The molecule has 3 nitrogen and oxygen atoms in total. The number of aliphatic carboxylic acids is 1. The summed E-state index contributed by atoms with van der Waals surface area (Å²) in [5, 5.41) is 8.99. The first kappa shape index (κ1) is 14.3. The molecule has 0 amide bonds. The van der Waals surface area contributed by atoms with Crippen LogP contribution in [-0.4, -0.2) is 35.1 Å². The van der Waals surface area contributed by atoms with Gasteiger partial charge in [-0.05, 0) is 42.5 Å². The Kier molecular flexibility index (Phi) is 4.77. The van der Waals surface area contributed by atoms with E-state index < -0.39 is 5.97 Å². The molecule has 1 atom stereocenters. The zero-order valence-corrected chi connectivity index (χ0v) is 12.4. The summed E-state index contributed by atoms with van der Waals surface area (Å²) >= 11 is 3.49. The molecule has 0 bridgehead atoms. The van der Waals surface area contributed by atoms with Crippen LogP contribution >= 0.6 is 15.9 Å². The highest BCUT2D eigenvalue weighted by molar-refractivity contribution is 9.10. The van der Waals surface area contributed by atoms with Crippen molar-refractivity contribution in [1.29, 1.82) is 0 Å². The molecule has 1 unspecified atom stereocenters. The van der Waals surface area contributed by atoms with Crippen LogP contribution in [-0.2, 0) is 17.6 Å². The number of aryl methyl sites for hydroxylation is 1. The summed E-state index contributed by atoms with van der Waals surface area (Å²) in [5.41, 5.74) is 2.71. The second-order valence-corrected chi connectivity index (χ2v) is 5.84. The van der Waals surface area contributed by atoms with Gasteiger partial charge >= 0.3 is 5.97 Å². The fourth-order valence-corrected chi connectivity index (χ4v) is 3.11. The second kappa shape index (κ2) is 6.35. The fourth-order valence-electron chi connectivity index (χ4n) is 2.70. The summed E-state index contributed by atoms with van der Waals surface area (Å²) in [6.45, 7) is 4.43. The van der Waals surface area contributed by atoms with Gasteiger partial charge in [-0.3, -0.25) is 9.69 Å². The topological polar surface area (TPSA) is 40.5 Å². The molecule has 0 saturated carbocycles. The van der Waals surface area contributed by atoms with Crippen molar-refractivity contribution in [3.05, 3.63) is 46.5 Å². The first-order valence-electron chi connectivity index (χ1n) is 6.44. The standard InChI is InChI=1S/C15H18BrNO2/c1-2-7-17(10-15(18)19)14-6-4-11-8-13(16)5-3-12(11)9-14/h2-3,5,8,14H,1,4,6-7,9-10H2,(H,18,19). The third-order valence-corrected chi connectivity index (χ3v) is 4.08. The van der Waals surface area contributed by atoms with Crippen molar-refractivity contribution >= 4 is 21.9 Å². The number of hydrogen-bond donors (Lipinski definition) is 1. The molecule has 0 aliphatic heterocycles. The monoisotopic (exact) mass is 323 g/mol. The van der Waals surface area contributed by atoms with E-state index in [-0.39, 0.29) is 6.54 Å². The highest BCUT2D eigenvalue weighted by Crippen LogP contribution is 2.27. The van der Waals surface area contributed by atoms with Crippen LogP contribution in [0.5, 0.6) is 0 Å². The average molecular weight is 324 g/mol.